The summed E-state index contributed by atoms with van der Waals surface area (Å²) in [5.41, 5.74) is 0.861. The molecule has 1 aromatic heterocycles. The van der Waals surface area contributed by atoms with Gasteiger partial charge in [-0.05, 0) is 20.5 Å². The molecule has 0 aromatic carbocycles. The molecule has 0 aliphatic rings. The van der Waals surface area contributed by atoms with Crippen molar-refractivity contribution in [1.29, 1.82) is 0 Å². The van der Waals surface area contributed by atoms with Crippen molar-refractivity contribution in [1.82, 2.24) is 14.9 Å². The third-order valence-electron chi connectivity index (χ3n) is 2.24. The summed E-state index contributed by atoms with van der Waals surface area (Å²) in [6.07, 6.45) is 2.57. The fraction of sp³-hybridized carbons (Fsp3) is 0.636. The highest BCUT2D eigenvalue weighted by molar-refractivity contribution is 6.34. The molecule has 1 aromatic rings. The van der Waals surface area contributed by atoms with Gasteiger partial charge in [-0.1, -0.05) is 36.5 Å². The molecule has 0 saturated heterocycles. The second kappa shape index (κ2) is 6.38. The molecule has 5 heteroatoms. The molecule has 0 amide bonds. The van der Waals surface area contributed by atoms with E-state index in [4.69, 9.17) is 23.2 Å². The highest BCUT2D eigenvalue weighted by Gasteiger charge is 2.10. The van der Waals surface area contributed by atoms with Gasteiger partial charge in [-0.2, -0.15) is 0 Å². The minimum atomic E-state index is 0.496. The summed E-state index contributed by atoms with van der Waals surface area (Å²) in [7, 11) is 4.02. The molecule has 90 valence electrons. The molecule has 3 nitrogen and oxygen atoms in total. The van der Waals surface area contributed by atoms with Crippen molar-refractivity contribution in [3.05, 3.63) is 21.7 Å². The van der Waals surface area contributed by atoms with E-state index in [1.165, 1.54) is 0 Å². The van der Waals surface area contributed by atoms with E-state index in [2.05, 4.69) is 21.8 Å². The van der Waals surface area contributed by atoms with Crippen molar-refractivity contribution in [2.24, 2.45) is 0 Å². The Hall–Kier alpha value is -0.380. The normalized spacial score (nSPS) is 11.1. The molecule has 0 bridgehead atoms. The number of aromatic nitrogens is 2. The van der Waals surface area contributed by atoms with Crippen molar-refractivity contribution in [2.45, 2.75) is 26.2 Å². The fourth-order valence-electron chi connectivity index (χ4n) is 1.36. The van der Waals surface area contributed by atoms with Gasteiger partial charge in [-0.15, -0.1) is 0 Å². The number of nitrogens with zero attached hydrogens (tertiary/aromatic N) is 3. The Balaban J connectivity index is 2.82. The van der Waals surface area contributed by atoms with Gasteiger partial charge in [0.1, 0.15) is 16.1 Å². The monoisotopic (exact) mass is 261 g/mol. The van der Waals surface area contributed by atoms with Gasteiger partial charge in [-0.3, -0.25) is 0 Å². The highest BCUT2D eigenvalue weighted by Crippen LogP contribution is 2.22. The van der Waals surface area contributed by atoms with Crippen LogP contribution in [0.4, 0.5) is 0 Å². The second-order valence-corrected chi connectivity index (χ2v) is 4.72. The predicted molar refractivity (Wildman–Crippen MR) is 68.3 cm³/mol. The van der Waals surface area contributed by atoms with Gasteiger partial charge in [-0.25, -0.2) is 9.97 Å². The van der Waals surface area contributed by atoms with Crippen LogP contribution in [0.15, 0.2) is 0 Å². The smallest absolute Gasteiger partial charge is 0.137 e. The lowest BCUT2D eigenvalue weighted by Gasteiger charge is -2.10. The Morgan fingerprint density at radius 1 is 1.06 bits per heavy atom. The SMILES string of the molecule is CCCc1c(Cl)nc(CCN(C)C)nc1Cl. The Morgan fingerprint density at radius 2 is 1.62 bits per heavy atom. The first-order chi connectivity index (χ1) is 7.54. The van der Waals surface area contributed by atoms with Gasteiger partial charge >= 0.3 is 0 Å². The molecule has 16 heavy (non-hydrogen) atoms. The number of halogens is 2. The van der Waals surface area contributed by atoms with Gasteiger partial charge in [0.05, 0.1) is 0 Å². The molecule has 0 saturated carbocycles. The molecular weight excluding hydrogens is 245 g/mol. The van der Waals surface area contributed by atoms with Crippen molar-refractivity contribution >= 4 is 23.2 Å². The standard InChI is InChI=1S/C11H17Cl2N3/c1-4-5-8-10(12)14-9(15-11(8)13)6-7-16(2)3/h4-7H2,1-3H3. The number of hydrogen-bond acceptors (Lipinski definition) is 3. The van der Waals surface area contributed by atoms with Crippen molar-refractivity contribution in [3.63, 3.8) is 0 Å². The minimum absolute atomic E-state index is 0.496. The summed E-state index contributed by atoms with van der Waals surface area (Å²) in [5, 5.41) is 0.992. The van der Waals surface area contributed by atoms with Gasteiger partial charge in [0.25, 0.3) is 0 Å². The van der Waals surface area contributed by atoms with Crippen LogP contribution in [0.25, 0.3) is 0 Å². The molecule has 0 fully saturated rings. The maximum absolute atomic E-state index is 6.08. The summed E-state index contributed by atoms with van der Waals surface area (Å²) < 4.78 is 0. The molecule has 0 atom stereocenters. The average Bonchev–Trinajstić information content (AvgIpc) is 2.20. The summed E-state index contributed by atoms with van der Waals surface area (Å²) >= 11 is 12.2. The van der Waals surface area contributed by atoms with E-state index in [1.807, 2.05) is 14.1 Å². The molecule has 0 aliphatic heterocycles. The van der Waals surface area contributed by atoms with E-state index in [-0.39, 0.29) is 0 Å². The van der Waals surface area contributed by atoms with Crippen LogP contribution in [0.5, 0.6) is 0 Å². The van der Waals surface area contributed by atoms with Crippen LogP contribution in [0.3, 0.4) is 0 Å². The maximum Gasteiger partial charge on any atom is 0.137 e. The largest absolute Gasteiger partial charge is 0.309 e. The van der Waals surface area contributed by atoms with Crippen LogP contribution in [-0.2, 0) is 12.8 Å². The summed E-state index contributed by atoms with van der Waals surface area (Å²) in [6.45, 7) is 2.96. The molecule has 0 N–H and O–H groups in total. The summed E-state index contributed by atoms with van der Waals surface area (Å²) in [4.78, 5) is 10.6. The lowest BCUT2D eigenvalue weighted by atomic mass is 10.2. The van der Waals surface area contributed by atoms with Crippen LogP contribution < -0.4 is 0 Å². The van der Waals surface area contributed by atoms with Crippen molar-refractivity contribution < 1.29 is 0 Å². The third kappa shape index (κ3) is 3.89. The van der Waals surface area contributed by atoms with Crippen LogP contribution in [0, 0.1) is 0 Å². The number of likely N-dealkylation sites (N-methyl/N-ethyl adjacent to an activating group) is 1. The predicted octanol–water partition coefficient (Wildman–Crippen LogP) is 2.84. The van der Waals surface area contributed by atoms with Crippen molar-refractivity contribution in [3.8, 4) is 0 Å². The Bertz CT molecular complexity index is 330. The molecule has 0 radical (unpaired) electrons. The van der Waals surface area contributed by atoms with Crippen molar-refractivity contribution in [2.75, 3.05) is 20.6 Å². The van der Waals surface area contributed by atoms with E-state index in [0.717, 1.165) is 31.4 Å². The molecule has 1 rings (SSSR count). The zero-order valence-electron chi connectivity index (χ0n) is 9.93. The van der Waals surface area contributed by atoms with Crippen LogP contribution in [0.1, 0.15) is 24.7 Å². The lowest BCUT2D eigenvalue weighted by molar-refractivity contribution is 0.409. The van der Waals surface area contributed by atoms with Crippen LogP contribution in [-0.4, -0.2) is 35.5 Å². The zero-order chi connectivity index (χ0) is 12.1. The van der Waals surface area contributed by atoms with Crippen LogP contribution in [0.2, 0.25) is 10.3 Å². The minimum Gasteiger partial charge on any atom is -0.309 e. The molecule has 0 spiro atoms. The summed E-state index contributed by atoms with van der Waals surface area (Å²) in [5.74, 6) is 0.712. The third-order valence-corrected chi connectivity index (χ3v) is 2.86. The lowest BCUT2D eigenvalue weighted by Crippen LogP contribution is -2.16. The van der Waals surface area contributed by atoms with Gasteiger partial charge < -0.3 is 4.90 Å². The molecule has 0 unspecified atom stereocenters. The van der Waals surface area contributed by atoms with E-state index in [1.54, 1.807) is 0 Å². The van der Waals surface area contributed by atoms with Gasteiger partial charge in [0.15, 0.2) is 0 Å². The van der Waals surface area contributed by atoms with Crippen LogP contribution >= 0.6 is 23.2 Å². The Morgan fingerprint density at radius 3 is 2.06 bits per heavy atom. The van der Waals surface area contributed by atoms with E-state index in [9.17, 15) is 0 Å². The van der Waals surface area contributed by atoms with Gasteiger partial charge in [0, 0.05) is 18.5 Å². The first kappa shape index (κ1) is 13.7. The highest BCUT2D eigenvalue weighted by atomic mass is 35.5. The van der Waals surface area contributed by atoms with Gasteiger partial charge in [0.2, 0.25) is 0 Å². The maximum atomic E-state index is 6.08. The second-order valence-electron chi connectivity index (χ2n) is 4.00. The fourth-order valence-corrected chi connectivity index (χ4v) is 1.97. The first-order valence-electron chi connectivity index (χ1n) is 5.40. The quantitative estimate of drug-likeness (QED) is 0.764. The molecule has 0 aliphatic carbocycles. The molecule has 1 heterocycles. The first-order valence-corrected chi connectivity index (χ1v) is 6.15. The Kier molecular flexibility index (Phi) is 5.46. The topological polar surface area (TPSA) is 29.0 Å². The van der Waals surface area contributed by atoms with E-state index >= 15 is 0 Å². The summed E-state index contributed by atoms with van der Waals surface area (Å²) in [6, 6.07) is 0. The van der Waals surface area contributed by atoms with E-state index < -0.39 is 0 Å². The Labute approximate surface area is 107 Å². The number of rotatable bonds is 5. The molecular formula is C11H17Cl2N3. The number of hydrogen-bond donors (Lipinski definition) is 0. The van der Waals surface area contributed by atoms with E-state index in [0.29, 0.717) is 16.1 Å². The average molecular weight is 262 g/mol. The zero-order valence-corrected chi connectivity index (χ0v) is 11.4.